The van der Waals surface area contributed by atoms with Crippen LogP contribution in [0, 0.1) is 11.8 Å². The topological polar surface area (TPSA) is 34.5 Å². The Hall–Kier alpha value is -0.900. The summed E-state index contributed by atoms with van der Waals surface area (Å²) < 4.78 is 0. The summed E-state index contributed by atoms with van der Waals surface area (Å²) in [5.41, 5.74) is 3.12. The summed E-state index contributed by atoms with van der Waals surface area (Å²) >= 11 is 1.67. The quantitative estimate of drug-likeness (QED) is 0.597. The maximum Gasteiger partial charge on any atom is 0.106 e. The summed E-state index contributed by atoms with van der Waals surface area (Å²) in [6, 6.07) is 0. The molecule has 92 valence electrons. The predicted molar refractivity (Wildman–Crippen MR) is 71.0 cm³/mol. The van der Waals surface area contributed by atoms with Crippen molar-refractivity contribution in [2.45, 2.75) is 34.1 Å². The van der Waals surface area contributed by atoms with Crippen molar-refractivity contribution in [3.05, 3.63) is 16.6 Å². The molecule has 0 spiro atoms. The van der Waals surface area contributed by atoms with Gasteiger partial charge in [-0.1, -0.05) is 32.9 Å². The van der Waals surface area contributed by atoms with Crippen molar-refractivity contribution < 1.29 is 4.84 Å². The van der Waals surface area contributed by atoms with Crippen molar-refractivity contribution in [2.75, 3.05) is 7.11 Å². The molecule has 0 radical (unpaired) electrons. The van der Waals surface area contributed by atoms with Crippen LogP contribution in [0.25, 0.3) is 0 Å². The normalized spacial score (nSPS) is 10.7. The van der Waals surface area contributed by atoms with Gasteiger partial charge in [0.1, 0.15) is 7.11 Å². The molecule has 0 saturated carbocycles. The van der Waals surface area contributed by atoms with Crippen LogP contribution in [0.5, 0.6) is 0 Å². The van der Waals surface area contributed by atoms with Crippen molar-refractivity contribution >= 4 is 17.6 Å². The molecule has 0 aliphatic heterocycles. The molecule has 0 aliphatic rings. The van der Waals surface area contributed by atoms with Gasteiger partial charge in [-0.05, 0) is 18.3 Å². The van der Waals surface area contributed by atoms with Crippen LogP contribution >= 0.6 is 11.3 Å². The second-order valence-electron chi connectivity index (χ2n) is 4.26. The van der Waals surface area contributed by atoms with Crippen LogP contribution in [0.15, 0.2) is 16.0 Å². The molecule has 0 saturated heterocycles. The maximum absolute atomic E-state index is 4.42. The molecule has 0 fully saturated rings. The molecule has 0 aromatic carbocycles. The molecule has 0 bridgehead atoms. The maximum atomic E-state index is 4.42. The van der Waals surface area contributed by atoms with Gasteiger partial charge < -0.3 is 4.84 Å². The summed E-state index contributed by atoms with van der Waals surface area (Å²) in [5, 5.41) is 5.66. The summed E-state index contributed by atoms with van der Waals surface area (Å²) in [5.74, 6) is 1.21. The van der Waals surface area contributed by atoms with Crippen molar-refractivity contribution in [3.8, 4) is 0 Å². The van der Waals surface area contributed by atoms with Crippen LogP contribution in [0.1, 0.15) is 33.4 Å². The Balaban J connectivity index is 0.000000293. The molecule has 1 heterocycles. The highest BCUT2D eigenvalue weighted by atomic mass is 32.1. The molecule has 4 heteroatoms. The monoisotopic (exact) mass is 242 g/mol. The fraction of sp³-hybridized carbons (Fsp3) is 0.667. The van der Waals surface area contributed by atoms with Crippen molar-refractivity contribution in [1.82, 2.24) is 4.98 Å². The minimum absolute atomic E-state index is 0.486. The molecule has 3 nitrogen and oxygen atoms in total. The van der Waals surface area contributed by atoms with E-state index >= 15 is 0 Å². The predicted octanol–water partition coefficient (Wildman–Crippen LogP) is 3.62. The van der Waals surface area contributed by atoms with Gasteiger partial charge in [0.15, 0.2) is 0 Å². The van der Waals surface area contributed by atoms with Gasteiger partial charge in [0.05, 0.1) is 11.2 Å². The number of nitrogens with zero attached hydrogens (tertiary/aromatic N) is 2. The lowest BCUT2D eigenvalue weighted by Gasteiger charge is -1.97. The molecule has 0 aliphatic carbocycles. The van der Waals surface area contributed by atoms with Gasteiger partial charge in [-0.25, -0.2) is 4.98 Å². The van der Waals surface area contributed by atoms with E-state index in [2.05, 4.69) is 34.2 Å². The van der Waals surface area contributed by atoms with Gasteiger partial charge in [-0.2, -0.15) is 0 Å². The van der Waals surface area contributed by atoms with Crippen LogP contribution in [-0.2, 0) is 11.3 Å². The zero-order valence-electron chi connectivity index (χ0n) is 10.8. The van der Waals surface area contributed by atoms with Crippen LogP contribution in [0.4, 0.5) is 0 Å². The Labute approximate surface area is 103 Å². The number of hydrogen-bond acceptors (Lipinski definition) is 4. The summed E-state index contributed by atoms with van der Waals surface area (Å²) in [6.45, 7) is 8.50. The third-order valence-corrected chi connectivity index (χ3v) is 2.20. The molecule has 1 aromatic rings. The first-order chi connectivity index (χ1) is 7.56. The molecule has 0 atom stereocenters. The van der Waals surface area contributed by atoms with E-state index in [1.807, 2.05) is 19.4 Å². The SMILES string of the molecule is CC(C)Cc1cscn1.CON=CC(C)C. The molecule has 0 amide bonds. The van der Waals surface area contributed by atoms with Crippen LogP contribution in [0.3, 0.4) is 0 Å². The Kier molecular flexibility index (Phi) is 8.81. The summed E-state index contributed by atoms with van der Waals surface area (Å²) in [6.07, 6.45) is 2.86. The molecule has 1 aromatic heterocycles. The molecular weight excluding hydrogens is 220 g/mol. The first-order valence-corrected chi connectivity index (χ1v) is 6.44. The Morgan fingerprint density at radius 2 is 2.12 bits per heavy atom. The van der Waals surface area contributed by atoms with E-state index in [0.29, 0.717) is 5.92 Å². The van der Waals surface area contributed by atoms with Crippen LogP contribution in [-0.4, -0.2) is 18.3 Å². The highest BCUT2D eigenvalue weighted by Gasteiger charge is 1.97. The third kappa shape index (κ3) is 9.65. The third-order valence-electron chi connectivity index (χ3n) is 1.57. The zero-order valence-corrected chi connectivity index (χ0v) is 11.6. The molecule has 16 heavy (non-hydrogen) atoms. The Bertz CT molecular complexity index is 269. The lowest BCUT2D eigenvalue weighted by atomic mass is 10.1. The summed E-state index contributed by atoms with van der Waals surface area (Å²) in [7, 11) is 1.54. The van der Waals surface area contributed by atoms with E-state index in [1.54, 1.807) is 24.7 Å². The second kappa shape index (κ2) is 9.33. The lowest BCUT2D eigenvalue weighted by Crippen LogP contribution is -1.92. The Morgan fingerprint density at radius 3 is 2.44 bits per heavy atom. The first kappa shape index (κ1) is 15.1. The minimum Gasteiger partial charge on any atom is -0.399 e. The van der Waals surface area contributed by atoms with E-state index in [4.69, 9.17) is 0 Å². The standard InChI is InChI=1S/C7H11NS.C5H11NO/c1-6(2)3-7-4-9-5-8-7;1-5(2)4-6-7-3/h4-6H,3H2,1-2H3;4-5H,1-3H3. The zero-order chi connectivity index (χ0) is 12.4. The second-order valence-corrected chi connectivity index (χ2v) is 4.98. The highest BCUT2D eigenvalue weighted by Crippen LogP contribution is 2.07. The number of oxime groups is 1. The fourth-order valence-corrected chi connectivity index (χ4v) is 1.51. The highest BCUT2D eigenvalue weighted by molar-refractivity contribution is 7.07. The summed E-state index contributed by atoms with van der Waals surface area (Å²) in [4.78, 5) is 8.60. The van der Waals surface area contributed by atoms with Crippen molar-refractivity contribution in [1.29, 1.82) is 0 Å². The van der Waals surface area contributed by atoms with Gasteiger partial charge >= 0.3 is 0 Å². The number of hydrogen-bond donors (Lipinski definition) is 0. The first-order valence-electron chi connectivity index (χ1n) is 5.50. The van der Waals surface area contributed by atoms with Gasteiger partial charge in [-0.3, -0.25) is 0 Å². The van der Waals surface area contributed by atoms with Crippen molar-refractivity contribution in [2.24, 2.45) is 17.0 Å². The van der Waals surface area contributed by atoms with Gasteiger partial charge in [0, 0.05) is 11.6 Å². The average Bonchev–Trinajstić information content (AvgIpc) is 2.67. The largest absolute Gasteiger partial charge is 0.399 e. The number of aromatic nitrogens is 1. The lowest BCUT2D eigenvalue weighted by molar-refractivity contribution is 0.213. The smallest absolute Gasteiger partial charge is 0.106 e. The van der Waals surface area contributed by atoms with E-state index < -0.39 is 0 Å². The van der Waals surface area contributed by atoms with Gasteiger partial charge in [0.2, 0.25) is 0 Å². The van der Waals surface area contributed by atoms with Gasteiger partial charge in [0.25, 0.3) is 0 Å². The van der Waals surface area contributed by atoms with Crippen molar-refractivity contribution in [3.63, 3.8) is 0 Å². The molecule has 0 N–H and O–H groups in total. The van der Waals surface area contributed by atoms with Gasteiger partial charge in [-0.15, -0.1) is 11.3 Å². The van der Waals surface area contributed by atoms with E-state index in [0.717, 1.165) is 12.3 Å². The molecular formula is C12H22N2OS. The fourth-order valence-electron chi connectivity index (χ4n) is 0.939. The molecule has 0 unspecified atom stereocenters. The van der Waals surface area contributed by atoms with Crippen LogP contribution in [0.2, 0.25) is 0 Å². The Morgan fingerprint density at radius 1 is 1.44 bits per heavy atom. The molecule has 1 rings (SSSR count). The van der Waals surface area contributed by atoms with E-state index in [1.165, 1.54) is 5.69 Å². The minimum atomic E-state index is 0.486. The average molecular weight is 242 g/mol. The van der Waals surface area contributed by atoms with E-state index in [-0.39, 0.29) is 0 Å². The van der Waals surface area contributed by atoms with E-state index in [9.17, 15) is 0 Å². The number of thiazole rings is 1. The number of rotatable bonds is 4. The van der Waals surface area contributed by atoms with Crippen LogP contribution < -0.4 is 0 Å².